The van der Waals surface area contributed by atoms with Gasteiger partial charge in [-0.05, 0) is 48.2 Å². The molecule has 158 valence electrons. The molecule has 2 aromatic rings. The van der Waals surface area contributed by atoms with E-state index >= 15 is 0 Å². The summed E-state index contributed by atoms with van der Waals surface area (Å²) in [6.45, 7) is 8.59. The van der Waals surface area contributed by atoms with Gasteiger partial charge in [0.15, 0.2) is 0 Å². The Kier molecular flexibility index (Phi) is 7.48. The van der Waals surface area contributed by atoms with Gasteiger partial charge in [-0.25, -0.2) is 17.2 Å². The number of nitrogens with zero attached hydrogens (tertiary/aromatic N) is 1. The number of anilines is 1. The van der Waals surface area contributed by atoms with Gasteiger partial charge in [-0.15, -0.1) is 0 Å². The standard InChI is InChI=1S/C21H26F2N2O3S/c1-14(2)12-25(13-15(3)4)29(27,28)18-8-5-16(6-9-18)21(26)24-20-10-7-17(22)11-19(20)23/h5-11,14-15H,12-13H2,1-4H3,(H,24,26). The second-order valence-corrected chi connectivity index (χ2v) is 9.65. The first-order valence-corrected chi connectivity index (χ1v) is 10.8. The van der Waals surface area contributed by atoms with Gasteiger partial charge in [0.1, 0.15) is 11.6 Å². The lowest BCUT2D eigenvalue weighted by molar-refractivity contribution is 0.102. The van der Waals surface area contributed by atoms with Crippen molar-refractivity contribution < 1.29 is 22.0 Å². The Morgan fingerprint density at radius 1 is 0.966 bits per heavy atom. The van der Waals surface area contributed by atoms with Gasteiger partial charge in [-0.3, -0.25) is 4.79 Å². The van der Waals surface area contributed by atoms with E-state index in [-0.39, 0.29) is 28.0 Å². The number of benzene rings is 2. The molecule has 0 aromatic heterocycles. The fraction of sp³-hybridized carbons (Fsp3) is 0.381. The van der Waals surface area contributed by atoms with E-state index in [0.29, 0.717) is 19.2 Å². The molecule has 0 aliphatic carbocycles. The van der Waals surface area contributed by atoms with Crippen LogP contribution >= 0.6 is 0 Å². The van der Waals surface area contributed by atoms with Crippen LogP contribution in [0.1, 0.15) is 38.1 Å². The van der Waals surface area contributed by atoms with E-state index in [1.807, 2.05) is 27.7 Å². The van der Waals surface area contributed by atoms with E-state index in [9.17, 15) is 22.0 Å². The zero-order chi connectivity index (χ0) is 21.8. The van der Waals surface area contributed by atoms with Crippen LogP contribution < -0.4 is 5.32 Å². The Hall–Kier alpha value is -2.32. The molecule has 1 N–H and O–H groups in total. The van der Waals surface area contributed by atoms with Gasteiger partial charge < -0.3 is 5.32 Å². The van der Waals surface area contributed by atoms with Gasteiger partial charge in [-0.1, -0.05) is 27.7 Å². The van der Waals surface area contributed by atoms with Crippen LogP contribution in [-0.2, 0) is 10.0 Å². The maximum absolute atomic E-state index is 13.7. The Bertz CT molecular complexity index is 948. The number of carbonyl (C=O) groups is 1. The van der Waals surface area contributed by atoms with Gasteiger partial charge in [0.2, 0.25) is 10.0 Å². The molecule has 0 radical (unpaired) electrons. The van der Waals surface area contributed by atoms with Crippen LogP contribution in [0.2, 0.25) is 0 Å². The quantitative estimate of drug-likeness (QED) is 0.678. The van der Waals surface area contributed by atoms with Crippen molar-refractivity contribution in [2.24, 2.45) is 11.8 Å². The van der Waals surface area contributed by atoms with Crippen molar-refractivity contribution in [1.29, 1.82) is 0 Å². The van der Waals surface area contributed by atoms with Gasteiger partial charge in [0.25, 0.3) is 5.91 Å². The van der Waals surface area contributed by atoms with Crippen LogP contribution in [0.3, 0.4) is 0 Å². The molecule has 0 fully saturated rings. The van der Waals surface area contributed by atoms with Gasteiger partial charge in [0, 0.05) is 24.7 Å². The van der Waals surface area contributed by atoms with Crippen LogP contribution in [0.15, 0.2) is 47.4 Å². The molecule has 5 nitrogen and oxygen atoms in total. The van der Waals surface area contributed by atoms with Crippen LogP contribution in [0.25, 0.3) is 0 Å². The molecule has 1 amide bonds. The van der Waals surface area contributed by atoms with E-state index in [1.54, 1.807) is 0 Å². The first kappa shape index (κ1) is 23.0. The number of sulfonamides is 1. The fourth-order valence-corrected chi connectivity index (χ4v) is 4.56. The molecule has 0 aliphatic heterocycles. The summed E-state index contributed by atoms with van der Waals surface area (Å²) in [6, 6.07) is 8.28. The molecule has 29 heavy (non-hydrogen) atoms. The lowest BCUT2D eigenvalue weighted by Crippen LogP contribution is -2.37. The summed E-state index contributed by atoms with van der Waals surface area (Å²) >= 11 is 0. The molecule has 0 spiro atoms. The molecule has 2 aromatic carbocycles. The third kappa shape index (κ3) is 6.08. The number of halogens is 2. The number of amides is 1. The molecule has 0 saturated heterocycles. The molecule has 2 rings (SSSR count). The van der Waals surface area contributed by atoms with Crippen molar-refractivity contribution in [2.75, 3.05) is 18.4 Å². The number of nitrogens with one attached hydrogen (secondary N) is 1. The normalized spacial score (nSPS) is 12.0. The van der Waals surface area contributed by atoms with E-state index in [2.05, 4.69) is 5.32 Å². The molecule has 0 aliphatic rings. The summed E-state index contributed by atoms with van der Waals surface area (Å²) < 4.78 is 54.1. The number of hydrogen-bond donors (Lipinski definition) is 1. The van der Waals surface area contributed by atoms with Crippen molar-refractivity contribution in [1.82, 2.24) is 4.31 Å². The molecular weight excluding hydrogens is 398 g/mol. The minimum absolute atomic E-state index is 0.0864. The van der Waals surface area contributed by atoms with Gasteiger partial charge in [0.05, 0.1) is 10.6 Å². The topological polar surface area (TPSA) is 66.5 Å². The predicted octanol–water partition coefficient (Wildman–Crippen LogP) is 4.52. The number of rotatable bonds is 8. The van der Waals surface area contributed by atoms with Crippen molar-refractivity contribution in [3.05, 3.63) is 59.7 Å². The minimum Gasteiger partial charge on any atom is -0.319 e. The molecule has 0 heterocycles. The average molecular weight is 425 g/mol. The number of carbonyl (C=O) groups excluding carboxylic acids is 1. The molecule has 0 bridgehead atoms. The molecular formula is C21H26F2N2O3S. The summed E-state index contributed by atoms with van der Waals surface area (Å²) in [7, 11) is -3.70. The van der Waals surface area contributed by atoms with Crippen LogP contribution in [0.4, 0.5) is 14.5 Å². The largest absolute Gasteiger partial charge is 0.319 e. The summed E-state index contributed by atoms with van der Waals surface area (Å²) in [4.78, 5) is 12.4. The highest BCUT2D eigenvalue weighted by Crippen LogP contribution is 2.21. The highest BCUT2D eigenvalue weighted by atomic mass is 32.2. The van der Waals surface area contributed by atoms with Gasteiger partial charge in [-0.2, -0.15) is 4.31 Å². The molecule has 0 unspecified atom stereocenters. The Morgan fingerprint density at radius 3 is 2.00 bits per heavy atom. The number of hydrogen-bond acceptors (Lipinski definition) is 3. The smallest absolute Gasteiger partial charge is 0.255 e. The lowest BCUT2D eigenvalue weighted by Gasteiger charge is -2.25. The second-order valence-electron chi connectivity index (χ2n) is 7.71. The van der Waals surface area contributed by atoms with Crippen molar-refractivity contribution in [3.8, 4) is 0 Å². The average Bonchev–Trinajstić information content (AvgIpc) is 2.62. The van der Waals surface area contributed by atoms with Gasteiger partial charge >= 0.3 is 0 Å². The predicted molar refractivity (Wildman–Crippen MR) is 109 cm³/mol. The third-order valence-corrected chi connectivity index (χ3v) is 5.92. The van der Waals surface area contributed by atoms with E-state index in [4.69, 9.17) is 0 Å². The molecule has 0 atom stereocenters. The molecule has 8 heteroatoms. The lowest BCUT2D eigenvalue weighted by atomic mass is 10.2. The van der Waals surface area contributed by atoms with E-state index < -0.39 is 27.6 Å². The molecule has 0 saturated carbocycles. The summed E-state index contributed by atoms with van der Waals surface area (Å²) in [5.74, 6) is -1.93. The summed E-state index contributed by atoms with van der Waals surface area (Å²) in [5, 5.41) is 2.35. The Labute approximate surface area is 170 Å². The highest BCUT2D eigenvalue weighted by molar-refractivity contribution is 7.89. The third-order valence-electron chi connectivity index (χ3n) is 4.07. The Morgan fingerprint density at radius 2 is 1.52 bits per heavy atom. The highest BCUT2D eigenvalue weighted by Gasteiger charge is 2.26. The van der Waals surface area contributed by atoms with Crippen molar-refractivity contribution in [2.45, 2.75) is 32.6 Å². The fourth-order valence-electron chi connectivity index (χ4n) is 2.80. The van der Waals surface area contributed by atoms with E-state index in [0.717, 1.165) is 12.1 Å². The van der Waals surface area contributed by atoms with Crippen LogP contribution in [-0.4, -0.2) is 31.7 Å². The van der Waals surface area contributed by atoms with Crippen LogP contribution in [0.5, 0.6) is 0 Å². The zero-order valence-electron chi connectivity index (χ0n) is 16.9. The minimum atomic E-state index is -3.70. The van der Waals surface area contributed by atoms with Crippen molar-refractivity contribution >= 4 is 21.6 Å². The van der Waals surface area contributed by atoms with Crippen molar-refractivity contribution in [3.63, 3.8) is 0 Å². The Balaban J connectivity index is 2.22. The first-order chi connectivity index (χ1) is 13.5. The maximum Gasteiger partial charge on any atom is 0.255 e. The monoisotopic (exact) mass is 424 g/mol. The van der Waals surface area contributed by atoms with Crippen LogP contribution in [0, 0.1) is 23.5 Å². The maximum atomic E-state index is 13.7. The summed E-state index contributed by atoms with van der Waals surface area (Å²) in [5.41, 5.74) is 0.0000779. The zero-order valence-corrected chi connectivity index (χ0v) is 17.8. The first-order valence-electron chi connectivity index (χ1n) is 9.37. The SMILES string of the molecule is CC(C)CN(CC(C)C)S(=O)(=O)c1ccc(C(=O)Nc2ccc(F)cc2F)cc1. The second kappa shape index (κ2) is 9.45. The van der Waals surface area contributed by atoms with E-state index in [1.165, 1.54) is 28.6 Å². The summed E-state index contributed by atoms with van der Waals surface area (Å²) in [6.07, 6.45) is 0.